The van der Waals surface area contributed by atoms with Gasteiger partial charge in [-0.05, 0) is 55.0 Å². The molecule has 0 bridgehead atoms. The molecule has 0 unspecified atom stereocenters. The summed E-state index contributed by atoms with van der Waals surface area (Å²) in [6, 6.07) is 12.2. The van der Waals surface area contributed by atoms with Crippen LogP contribution in [0.5, 0.6) is 0 Å². The molecule has 0 aliphatic rings. The molecule has 4 N–H and O–H groups in total. The van der Waals surface area contributed by atoms with Gasteiger partial charge in [0.1, 0.15) is 23.8 Å². The third kappa shape index (κ3) is 5.37. The molecule has 0 aliphatic carbocycles. The maximum atomic E-state index is 13.7. The van der Waals surface area contributed by atoms with Crippen LogP contribution in [0.15, 0.2) is 54.7 Å². The van der Waals surface area contributed by atoms with E-state index in [0.29, 0.717) is 33.5 Å². The summed E-state index contributed by atoms with van der Waals surface area (Å²) in [4.78, 5) is 23.6. The number of hydrogen-bond acceptors (Lipinski definition) is 5. The van der Waals surface area contributed by atoms with Crippen molar-refractivity contribution >= 4 is 40.1 Å². The zero-order valence-electron chi connectivity index (χ0n) is 17.2. The van der Waals surface area contributed by atoms with Crippen molar-refractivity contribution in [3.63, 3.8) is 0 Å². The molecule has 2 heterocycles. The molecule has 0 radical (unpaired) electrons. The first-order valence-electron chi connectivity index (χ1n) is 9.78. The quantitative estimate of drug-likeness (QED) is 0.291. The summed E-state index contributed by atoms with van der Waals surface area (Å²) >= 11 is 0. The average Bonchev–Trinajstić information content (AvgIpc) is 3.23. The third-order valence-electron chi connectivity index (χ3n) is 4.70. The maximum absolute atomic E-state index is 13.7. The highest BCUT2D eigenvalue weighted by atomic mass is 19.4. The molecule has 170 valence electrons. The van der Waals surface area contributed by atoms with E-state index in [1.165, 1.54) is 18.2 Å². The molecule has 2 aromatic heterocycles. The summed E-state index contributed by atoms with van der Waals surface area (Å²) in [6.07, 6.45) is -2.85. The summed E-state index contributed by atoms with van der Waals surface area (Å²) < 4.78 is 51.5. The molecule has 0 saturated carbocycles. The van der Waals surface area contributed by atoms with Crippen molar-refractivity contribution in [2.45, 2.75) is 13.1 Å². The highest BCUT2D eigenvalue weighted by Gasteiger charge is 2.27. The van der Waals surface area contributed by atoms with Crippen LogP contribution in [-0.4, -0.2) is 33.6 Å². The van der Waals surface area contributed by atoms with E-state index < -0.39 is 24.4 Å². The summed E-state index contributed by atoms with van der Waals surface area (Å²) in [5, 5.41) is 8.23. The second-order valence-corrected chi connectivity index (χ2v) is 7.22. The molecule has 33 heavy (non-hydrogen) atoms. The molecule has 0 spiro atoms. The predicted molar refractivity (Wildman–Crippen MR) is 117 cm³/mol. The molecule has 1 amide bonds. The number of alkyl halides is 3. The maximum Gasteiger partial charge on any atom is 0.405 e. The van der Waals surface area contributed by atoms with Crippen LogP contribution in [0.3, 0.4) is 0 Å². The number of amides is 1. The van der Waals surface area contributed by atoms with Crippen LogP contribution in [-0.2, 0) is 0 Å². The van der Waals surface area contributed by atoms with Crippen molar-refractivity contribution in [2.24, 2.45) is 0 Å². The van der Waals surface area contributed by atoms with Crippen molar-refractivity contribution < 1.29 is 22.4 Å². The average molecular weight is 458 g/mol. The van der Waals surface area contributed by atoms with Crippen LogP contribution >= 0.6 is 0 Å². The number of aryl methyl sites for hydroxylation is 1. The molecule has 7 nitrogen and oxygen atoms in total. The van der Waals surface area contributed by atoms with Crippen molar-refractivity contribution in [2.75, 3.05) is 22.5 Å². The zero-order chi connectivity index (χ0) is 23.6. The number of nitrogens with one attached hydrogen (secondary N) is 4. The van der Waals surface area contributed by atoms with Gasteiger partial charge in [0.25, 0.3) is 5.91 Å². The number of aromatic nitrogens is 3. The Labute approximate surface area is 185 Å². The Balaban J connectivity index is 1.48. The van der Waals surface area contributed by atoms with E-state index in [1.54, 1.807) is 43.5 Å². The number of aromatic amines is 1. The Morgan fingerprint density at radius 2 is 1.76 bits per heavy atom. The number of H-pyrrole nitrogens is 1. The topological polar surface area (TPSA) is 94.7 Å². The van der Waals surface area contributed by atoms with Crippen LogP contribution in [0.1, 0.15) is 15.9 Å². The second kappa shape index (κ2) is 8.77. The summed E-state index contributed by atoms with van der Waals surface area (Å²) in [7, 11) is 0. The molecule has 4 rings (SSSR count). The number of benzene rings is 2. The number of halogens is 4. The largest absolute Gasteiger partial charge is 0.405 e. The molecule has 0 fully saturated rings. The zero-order valence-corrected chi connectivity index (χ0v) is 17.2. The normalized spacial score (nSPS) is 11.4. The minimum absolute atomic E-state index is 0.0300. The summed E-state index contributed by atoms with van der Waals surface area (Å²) in [5.41, 5.74) is 2.01. The first kappa shape index (κ1) is 22.1. The van der Waals surface area contributed by atoms with E-state index in [1.807, 2.05) is 0 Å². The summed E-state index contributed by atoms with van der Waals surface area (Å²) in [5.74, 6) is -0.743. The molecular formula is C22H18F4N6O. The van der Waals surface area contributed by atoms with Gasteiger partial charge in [0, 0.05) is 23.1 Å². The van der Waals surface area contributed by atoms with E-state index in [2.05, 4.69) is 30.9 Å². The van der Waals surface area contributed by atoms with Gasteiger partial charge in [-0.25, -0.2) is 4.39 Å². The van der Waals surface area contributed by atoms with E-state index >= 15 is 0 Å². The number of carbonyl (C=O) groups is 1. The number of rotatable bonds is 6. The first-order valence-corrected chi connectivity index (χ1v) is 9.78. The fourth-order valence-electron chi connectivity index (χ4n) is 3.02. The first-order chi connectivity index (χ1) is 15.7. The number of anilines is 4. The van der Waals surface area contributed by atoms with Crippen molar-refractivity contribution in [1.82, 2.24) is 15.0 Å². The van der Waals surface area contributed by atoms with Crippen LogP contribution in [0.4, 0.5) is 40.7 Å². The van der Waals surface area contributed by atoms with Gasteiger partial charge >= 0.3 is 6.18 Å². The number of carbonyl (C=O) groups excluding carboxylic acids is 1. The molecule has 0 saturated heterocycles. The van der Waals surface area contributed by atoms with Crippen LogP contribution in [0, 0.1) is 12.7 Å². The Kier molecular flexibility index (Phi) is 5.86. The molecule has 0 aliphatic heterocycles. The third-order valence-corrected chi connectivity index (χ3v) is 4.70. The van der Waals surface area contributed by atoms with Gasteiger partial charge < -0.3 is 20.9 Å². The minimum Gasteiger partial charge on any atom is -0.360 e. The second-order valence-electron chi connectivity index (χ2n) is 7.22. The molecule has 11 heteroatoms. The van der Waals surface area contributed by atoms with Gasteiger partial charge in [0.05, 0.1) is 5.39 Å². The van der Waals surface area contributed by atoms with Crippen molar-refractivity contribution in [1.29, 1.82) is 0 Å². The van der Waals surface area contributed by atoms with Gasteiger partial charge in [-0.15, -0.1) is 0 Å². The number of fused-ring (bicyclic) bond motifs is 1. The SMILES string of the molecule is Cc1ccc(NC(=O)c2ccc(Nc3nc(NCC(F)(F)F)c4cc[nH]c4n3)cc2)cc1F. The molecule has 4 aromatic rings. The number of hydrogen-bond donors (Lipinski definition) is 4. The lowest BCUT2D eigenvalue weighted by Crippen LogP contribution is -2.22. The molecule has 0 atom stereocenters. The summed E-state index contributed by atoms with van der Waals surface area (Å²) in [6.45, 7) is 0.387. The van der Waals surface area contributed by atoms with Gasteiger partial charge in [-0.3, -0.25) is 4.79 Å². The minimum atomic E-state index is -4.40. The lowest BCUT2D eigenvalue weighted by Gasteiger charge is -2.12. The number of nitrogens with zero attached hydrogens (tertiary/aromatic N) is 2. The van der Waals surface area contributed by atoms with E-state index in [4.69, 9.17) is 0 Å². The van der Waals surface area contributed by atoms with Crippen LogP contribution in [0.2, 0.25) is 0 Å². The highest BCUT2D eigenvalue weighted by molar-refractivity contribution is 6.04. The highest BCUT2D eigenvalue weighted by Crippen LogP contribution is 2.25. The fourth-order valence-corrected chi connectivity index (χ4v) is 3.02. The van der Waals surface area contributed by atoms with Crippen LogP contribution in [0.25, 0.3) is 11.0 Å². The van der Waals surface area contributed by atoms with Gasteiger partial charge in [0.15, 0.2) is 0 Å². The van der Waals surface area contributed by atoms with E-state index in [0.717, 1.165) is 0 Å². The molecular weight excluding hydrogens is 440 g/mol. The van der Waals surface area contributed by atoms with Gasteiger partial charge in [-0.2, -0.15) is 23.1 Å². The smallest absolute Gasteiger partial charge is 0.360 e. The standard InChI is InChI=1S/C22H18F4N6O/c1-12-2-5-15(10-17(12)23)29-20(33)13-3-6-14(7-4-13)30-21-31-18-16(8-9-27-18)19(32-21)28-11-22(24,25)26/h2-10H,11H2,1H3,(H,29,33)(H3,27,28,30,31,32). The molecule has 2 aromatic carbocycles. The Morgan fingerprint density at radius 1 is 1.03 bits per heavy atom. The Hall–Kier alpha value is -4.15. The monoisotopic (exact) mass is 458 g/mol. The van der Waals surface area contributed by atoms with E-state index in [9.17, 15) is 22.4 Å². The Morgan fingerprint density at radius 3 is 2.45 bits per heavy atom. The fraction of sp³-hybridized carbons (Fsp3) is 0.136. The van der Waals surface area contributed by atoms with E-state index in [-0.39, 0.29) is 11.8 Å². The van der Waals surface area contributed by atoms with Crippen molar-refractivity contribution in [3.05, 3.63) is 71.7 Å². The lowest BCUT2D eigenvalue weighted by atomic mass is 10.1. The lowest BCUT2D eigenvalue weighted by molar-refractivity contribution is -0.115. The van der Waals surface area contributed by atoms with Crippen LogP contribution < -0.4 is 16.0 Å². The van der Waals surface area contributed by atoms with Crippen molar-refractivity contribution in [3.8, 4) is 0 Å². The predicted octanol–water partition coefficient (Wildman–Crippen LogP) is 5.38. The van der Waals surface area contributed by atoms with Gasteiger partial charge in [-0.1, -0.05) is 6.07 Å². The Bertz CT molecular complexity index is 1300. The van der Waals surface area contributed by atoms with Gasteiger partial charge in [0.2, 0.25) is 5.95 Å².